The fraction of sp³-hybridized carbons (Fsp3) is 0.500. The van der Waals surface area contributed by atoms with Crippen molar-refractivity contribution in [1.82, 2.24) is 0 Å². The molecule has 0 unspecified atom stereocenters. The SMILES string of the molecule is CSc1ccc(N[C@H]2CCO[C@@H]2C)cc1. The monoisotopic (exact) mass is 223 g/mol. The second-order valence-corrected chi connectivity index (χ2v) is 4.72. The molecule has 0 radical (unpaired) electrons. The van der Waals surface area contributed by atoms with Crippen LogP contribution < -0.4 is 5.32 Å². The number of anilines is 1. The molecule has 0 aromatic heterocycles. The molecule has 2 nitrogen and oxygen atoms in total. The van der Waals surface area contributed by atoms with Crippen LogP contribution >= 0.6 is 11.8 Å². The molecule has 0 aliphatic carbocycles. The Hall–Kier alpha value is -0.670. The molecule has 2 rings (SSSR count). The maximum atomic E-state index is 5.52. The molecule has 1 aromatic rings. The van der Waals surface area contributed by atoms with Crippen molar-refractivity contribution < 1.29 is 4.74 Å². The number of hydrogen-bond donors (Lipinski definition) is 1. The lowest BCUT2D eigenvalue weighted by Crippen LogP contribution is -2.26. The minimum absolute atomic E-state index is 0.324. The smallest absolute Gasteiger partial charge is 0.0748 e. The molecule has 1 saturated heterocycles. The highest BCUT2D eigenvalue weighted by Gasteiger charge is 2.23. The van der Waals surface area contributed by atoms with Crippen LogP contribution in [0.25, 0.3) is 0 Å². The van der Waals surface area contributed by atoms with Gasteiger partial charge in [0.2, 0.25) is 0 Å². The summed E-state index contributed by atoms with van der Waals surface area (Å²) in [5, 5.41) is 3.51. The summed E-state index contributed by atoms with van der Waals surface area (Å²) in [7, 11) is 0. The van der Waals surface area contributed by atoms with Crippen molar-refractivity contribution in [2.75, 3.05) is 18.2 Å². The lowest BCUT2D eigenvalue weighted by Gasteiger charge is -2.17. The number of ether oxygens (including phenoxy) is 1. The summed E-state index contributed by atoms with van der Waals surface area (Å²) in [6.45, 7) is 3.00. The topological polar surface area (TPSA) is 21.3 Å². The fourth-order valence-electron chi connectivity index (χ4n) is 1.82. The van der Waals surface area contributed by atoms with E-state index >= 15 is 0 Å². The van der Waals surface area contributed by atoms with E-state index in [1.807, 2.05) is 0 Å². The average molecular weight is 223 g/mol. The normalized spacial score (nSPS) is 25.5. The van der Waals surface area contributed by atoms with Crippen LogP contribution in [0, 0.1) is 0 Å². The highest BCUT2D eigenvalue weighted by atomic mass is 32.2. The van der Waals surface area contributed by atoms with Gasteiger partial charge in [-0.25, -0.2) is 0 Å². The maximum absolute atomic E-state index is 5.52. The van der Waals surface area contributed by atoms with Gasteiger partial charge in [-0.3, -0.25) is 0 Å². The Morgan fingerprint density at radius 1 is 1.33 bits per heavy atom. The lowest BCUT2D eigenvalue weighted by molar-refractivity contribution is 0.121. The first-order valence-electron chi connectivity index (χ1n) is 5.32. The third-order valence-corrected chi connectivity index (χ3v) is 3.56. The van der Waals surface area contributed by atoms with Gasteiger partial charge in [-0.1, -0.05) is 0 Å². The van der Waals surface area contributed by atoms with Crippen LogP contribution in [0.4, 0.5) is 5.69 Å². The zero-order valence-corrected chi connectivity index (χ0v) is 10.0. The molecule has 1 aliphatic heterocycles. The predicted octanol–water partition coefficient (Wildman–Crippen LogP) is 3.00. The lowest BCUT2D eigenvalue weighted by atomic mass is 10.1. The Kier molecular flexibility index (Phi) is 3.54. The van der Waals surface area contributed by atoms with Gasteiger partial charge in [0.1, 0.15) is 0 Å². The summed E-state index contributed by atoms with van der Waals surface area (Å²) in [5.74, 6) is 0. The van der Waals surface area contributed by atoms with E-state index in [9.17, 15) is 0 Å². The van der Waals surface area contributed by atoms with Crippen molar-refractivity contribution >= 4 is 17.4 Å². The van der Waals surface area contributed by atoms with E-state index in [4.69, 9.17) is 4.74 Å². The molecule has 0 spiro atoms. The van der Waals surface area contributed by atoms with Crippen molar-refractivity contribution in [3.8, 4) is 0 Å². The summed E-state index contributed by atoms with van der Waals surface area (Å²) >= 11 is 1.77. The Labute approximate surface area is 95.4 Å². The predicted molar refractivity (Wildman–Crippen MR) is 65.7 cm³/mol. The number of nitrogens with one attached hydrogen (secondary N) is 1. The van der Waals surface area contributed by atoms with Crippen molar-refractivity contribution in [3.63, 3.8) is 0 Å². The molecular formula is C12H17NOS. The Morgan fingerprint density at radius 3 is 2.60 bits per heavy atom. The van der Waals surface area contributed by atoms with Gasteiger partial charge in [0.25, 0.3) is 0 Å². The minimum atomic E-state index is 0.324. The largest absolute Gasteiger partial charge is 0.380 e. The number of rotatable bonds is 3. The van der Waals surface area contributed by atoms with Crippen LogP contribution in [0.15, 0.2) is 29.2 Å². The molecule has 2 atom stereocenters. The van der Waals surface area contributed by atoms with E-state index < -0.39 is 0 Å². The number of thioether (sulfide) groups is 1. The molecular weight excluding hydrogens is 206 g/mol. The Morgan fingerprint density at radius 2 is 2.07 bits per heavy atom. The van der Waals surface area contributed by atoms with Crippen LogP contribution in [-0.2, 0) is 4.74 Å². The van der Waals surface area contributed by atoms with E-state index in [0.29, 0.717) is 12.1 Å². The van der Waals surface area contributed by atoms with Gasteiger partial charge in [0.05, 0.1) is 12.1 Å². The van der Waals surface area contributed by atoms with E-state index in [1.165, 1.54) is 10.6 Å². The molecule has 0 bridgehead atoms. The quantitative estimate of drug-likeness (QED) is 0.796. The van der Waals surface area contributed by atoms with E-state index in [2.05, 4.69) is 42.8 Å². The second-order valence-electron chi connectivity index (χ2n) is 3.84. The van der Waals surface area contributed by atoms with Crippen LogP contribution in [-0.4, -0.2) is 25.0 Å². The fourth-order valence-corrected chi connectivity index (χ4v) is 2.23. The van der Waals surface area contributed by atoms with Crippen molar-refractivity contribution in [2.45, 2.75) is 30.4 Å². The van der Waals surface area contributed by atoms with Gasteiger partial charge in [0.15, 0.2) is 0 Å². The van der Waals surface area contributed by atoms with Gasteiger partial charge >= 0.3 is 0 Å². The molecule has 15 heavy (non-hydrogen) atoms. The maximum Gasteiger partial charge on any atom is 0.0748 e. The Balaban J connectivity index is 1.98. The molecule has 0 amide bonds. The van der Waals surface area contributed by atoms with E-state index in [0.717, 1.165) is 13.0 Å². The summed E-state index contributed by atoms with van der Waals surface area (Å²) in [4.78, 5) is 1.30. The molecule has 1 aliphatic rings. The number of hydrogen-bond acceptors (Lipinski definition) is 3. The van der Waals surface area contributed by atoms with Gasteiger partial charge in [-0.15, -0.1) is 11.8 Å². The van der Waals surface area contributed by atoms with Gasteiger partial charge < -0.3 is 10.1 Å². The average Bonchev–Trinajstić information content (AvgIpc) is 2.66. The molecule has 3 heteroatoms. The van der Waals surface area contributed by atoms with Crippen LogP contribution in [0.5, 0.6) is 0 Å². The second kappa shape index (κ2) is 4.90. The molecule has 1 heterocycles. The van der Waals surface area contributed by atoms with Crippen LogP contribution in [0.3, 0.4) is 0 Å². The van der Waals surface area contributed by atoms with E-state index in [1.54, 1.807) is 11.8 Å². The third kappa shape index (κ3) is 2.67. The highest BCUT2D eigenvalue weighted by Crippen LogP contribution is 2.21. The summed E-state index contributed by atoms with van der Waals surface area (Å²) in [6.07, 6.45) is 3.52. The van der Waals surface area contributed by atoms with Crippen LogP contribution in [0.1, 0.15) is 13.3 Å². The molecule has 1 N–H and O–H groups in total. The van der Waals surface area contributed by atoms with Crippen LogP contribution in [0.2, 0.25) is 0 Å². The molecule has 1 aromatic carbocycles. The van der Waals surface area contributed by atoms with E-state index in [-0.39, 0.29) is 0 Å². The summed E-state index contributed by atoms with van der Waals surface area (Å²) in [5.41, 5.74) is 1.19. The van der Waals surface area contributed by atoms with Gasteiger partial charge in [-0.2, -0.15) is 0 Å². The van der Waals surface area contributed by atoms with Crippen molar-refractivity contribution in [1.29, 1.82) is 0 Å². The molecule has 1 fully saturated rings. The zero-order chi connectivity index (χ0) is 10.7. The summed E-state index contributed by atoms with van der Waals surface area (Å²) < 4.78 is 5.52. The van der Waals surface area contributed by atoms with Gasteiger partial charge in [-0.05, 0) is 43.9 Å². The first kappa shape index (κ1) is 10.8. The molecule has 82 valence electrons. The third-order valence-electron chi connectivity index (χ3n) is 2.82. The zero-order valence-electron chi connectivity index (χ0n) is 9.19. The number of benzene rings is 1. The highest BCUT2D eigenvalue weighted by molar-refractivity contribution is 7.98. The first-order chi connectivity index (χ1) is 7.29. The van der Waals surface area contributed by atoms with Crippen molar-refractivity contribution in [3.05, 3.63) is 24.3 Å². The van der Waals surface area contributed by atoms with Gasteiger partial charge in [0, 0.05) is 17.2 Å². The van der Waals surface area contributed by atoms with Crippen molar-refractivity contribution in [2.24, 2.45) is 0 Å². The standard InChI is InChI=1S/C12H17NOS/c1-9-12(7-8-14-9)13-10-3-5-11(15-2)6-4-10/h3-6,9,12-13H,7-8H2,1-2H3/t9-,12+/m1/s1. The Bertz CT molecular complexity index is 312. The minimum Gasteiger partial charge on any atom is -0.380 e. The molecule has 0 saturated carbocycles. The first-order valence-corrected chi connectivity index (χ1v) is 6.54. The summed E-state index contributed by atoms with van der Waals surface area (Å²) in [6, 6.07) is 9.03.